The molecule has 9 heteroatoms. The lowest BCUT2D eigenvalue weighted by Gasteiger charge is -2.02. The van der Waals surface area contributed by atoms with Crippen LogP contribution < -0.4 is 5.32 Å². The highest BCUT2D eigenvalue weighted by molar-refractivity contribution is 8.00. The lowest BCUT2D eigenvalue weighted by Crippen LogP contribution is -2.11. The number of hydrogen-bond donors (Lipinski definition) is 1. The fourth-order valence-electron chi connectivity index (χ4n) is 2.31. The number of thiophene rings is 1. The number of carbonyl (C=O) groups is 1. The molecule has 0 aliphatic rings. The van der Waals surface area contributed by atoms with Crippen LogP contribution in [0.25, 0.3) is 10.6 Å². The van der Waals surface area contributed by atoms with Gasteiger partial charge in [0.25, 0.3) is 5.91 Å². The Kier molecular flexibility index (Phi) is 5.33. The molecule has 0 spiro atoms. The topological polar surface area (TPSA) is 80.9 Å². The Morgan fingerprint density at radius 1 is 1.22 bits per heavy atom. The summed E-state index contributed by atoms with van der Waals surface area (Å²) in [6.45, 7) is 2.09. The first-order chi connectivity index (χ1) is 13.2. The van der Waals surface area contributed by atoms with Gasteiger partial charge in [0, 0.05) is 11.8 Å². The number of thioether (sulfide) groups is 1. The minimum Gasteiger partial charge on any atom is -0.355 e. The number of amides is 1. The molecular weight excluding hydrogens is 400 g/mol. The van der Waals surface area contributed by atoms with Crippen molar-refractivity contribution < 1.29 is 9.32 Å². The number of nitrogens with one attached hydrogen (secondary N) is 1. The zero-order valence-corrected chi connectivity index (χ0v) is 16.7. The van der Waals surface area contributed by atoms with Gasteiger partial charge in [-0.1, -0.05) is 58.6 Å². The van der Waals surface area contributed by atoms with Gasteiger partial charge in [-0.2, -0.15) is 0 Å². The fourth-order valence-corrected chi connectivity index (χ4v) is 4.80. The van der Waals surface area contributed by atoms with Crippen LogP contribution in [0, 0.1) is 6.92 Å². The van der Waals surface area contributed by atoms with E-state index in [2.05, 4.69) is 39.7 Å². The molecule has 0 fully saturated rings. The highest BCUT2D eigenvalue weighted by Crippen LogP contribution is 2.30. The second-order valence-corrected chi connectivity index (χ2v) is 8.74. The van der Waals surface area contributed by atoms with Crippen LogP contribution in [0.3, 0.4) is 0 Å². The van der Waals surface area contributed by atoms with Crippen LogP contribution in [-0.4, -0.2) is 21.3 Å². The van der Waals surface area contributed by atoms with E-state index in [1.807, 2.05) is 29.6 Å². The van der Waals surface area contributed by atoms with Gasteiger partial charge in [0.05, 0.1) is 4.88 Å². The van der Waals surface area contributed by atoms with Crippen LogP contribution in [0.1, 0.15) is 21.6 Å². The SMILES string of the molecule is Cc1ccccc1CSc1nnc(NC(=O)c2cc(-c3cccs3)on2)s1. The molecule has 4 rings (SSSR count). The predicted molar refractivity (Wildman–Crippen MR) is 108 cm³/mol. The first-order valence-corrected chi connectivity index (χ1v) is 10.7. The highest BCUT2D eigenvalue weighted by Gasteiger charge is 2.16. The third-order valence-corrected chi connectivity index (χ3v) is 6.65. The van der Waals surface area contributed by atoms with Gasteiger partial charge in [-0.3, -0.25) is 10.1 Å². The summed E-state index contributed by atoms with van der Waals surface area (Å²) in [6, 6.07) is 13.7. The molecule has 0 aliphatic carbocycles. The van der Waals surface area contributed by atoms with Gasteiger partial charge in [-0.05, 0) is 29.5 Å². The van der Waals surface area contributed by atoms with Gasteiger partial charge in [-0.15, -0.1) is 21.5 Å². The Balaban J connectivity index is 1.37. The van der Waals surface area contributed by atoms with E-state index in [-0.39, 0.29) is 11.6 Å². The Labute approximate surface area is 167 Å². The molecular formula is C18H14N4O2S3. The first kappa shape index (κ1) is 17.9. The van der Waals surface area contributed by atoms with Crippen molar-refractivity contribution in [3.05, 3.63) is 64.7 Å². The summed E-state index contributed by atoms with van der Waals surface area (Å²) in [5, 5.41) is 17.1. The van der Waals surface area contributed by atoms with Gasteiger partial charge < -0.3 is 4.52 Å². The third kappa shape index (κ3) is 4.26. The average Bonchev–Trinajstić information content (AvgIpc) is 3.42. The van der Waals surface area contributed by atoms with Crippen molar-refractivity contribution in [1.82, 2.24) is 15.4 Å². The number of benzene rings is 1. The molecule has 0 bridgehead atoms. The van der Waals surface area contributed by atoms with Crippen molar-refractivity contribution in [2.75, 3.05) is 5.32 Å². The first-order valence-electron chi connectivity index (χ1n) is 8.02. The van der Waals surface area contributed by atoms with Gasteiger partial charge in [0.1, 0.15) is 0 Å². The van der Waals surface area contributed by atoms with Crippen LogP contribution in [-0.2, 0) is 5.75 Å². The second kappa shape index (κ2) is 8.03. The lowest BCUT2D eigenvalue weighted by molar-refractivity contribution is 0.101. The van der Waals surface area contributed by atoms with Crippen LogP contribution in [0.4, 0.5) is 5.13 Å². The molecule has 1 aromatic carbocycles. The van der Waals surface area contributed by atoms with E-state index in [9.17, 15) is 4.79 Å². The molecule has 136 valence electrons. The number of nitrogens with zero attached hydrogens (tertiary/aromatic N) is 3. The van der Waals surface area contributed by atoms with Gasteiger partial charge in [0.15, 0.2) is 15.8 Å². The molecule has 27 heavy (non-hydrogen) atoms. The van der Waals surface area contributed by atoms with Crippen LogP contribution in [0.2, 0.25) is 0 Å². The standard InChI is InChI=1S/C18H14N4O2S3/c1-11-5-2-3-6-12(11)10-26-18-21-20-17(27-18)19-16(23)13-9-14(24-22-13)15-7-4-8-25-15/h2-9H,10H2,1H3,(H,19,20,23). The van der Waals surface area contributed by atoms with Gasteiger partial charge in [-0.25, -0.2) is 0 Å². The second-order valence-electron chi connectivity index (χ2n) is 5.60. The van der Waals surface area contributed by atoms with E-state index in [1.54, 1.807) is 17.8 Å². The molecule has 0 atom stereocenters. The largest absolute Gasteiger partial charge is 0.355 e. The molecule has 0 saturated carbocycles. The highest BCUT2D eigenvalue weighted by atomic mass is 32.2. The number of aryl methyl sites for hydroxylation is 1. The predicted octanol–water partition coefficient (Wildman–Crippen LogP) is 5.11. The molecule has 1 N–H and O–H groups in total. The minimum atomic E-state index is -0.367. The Hall–Kier alpha value is -2.49. The maximum absolute atomic E-state index is 12.3. The van der Waals surface area contributed by atoms with E-state index in [0.717, 1.165) is 15.0 Å². The third-order valence-electron chi connectivity index (χ3n) is 3.75. The van der Waals surface area contributed by atoms with E-state index >= 15 is 0 Å². The molecule has 0 aliphatic heterocycles. The molecule has 1 amide bonds. The van der Waals surface area contributed by atoms with Crippen molar-refractivity contribution in [3.63, 3.8) is 0 Å². The summed E-state index contributed by atoms with van der Waals surface area (Å²) >= 11 is 4.46. The van der Waals surface area contributed by atoms with Crippen LogP contribution in [0.5, 0.6) is 0 Å². The molecule has 6 nitrogen and oxygen atoms in total. The molecule has 4 aromatic rings. The van der Waals surface area contributed by atoms with Crippen molar-refractivity contribution in [2.24, 2.45) is 0 Å². The number of rotatable bonds is 6. The Morgan fingerprint density at radius 2 is 2.11 bits per heavy atom. The normalized spacial score (nSPS) is 10.9. The maximum atomic E-state index is 12.3. The molecule has 3 heterocycles. The number of aromatic nitrogens is 3. The summed E-state index contributed by atoms with van der Waals surface area (Å²) in [5.74, 6) is 1.01. The monoisotopic (exact) mass is 414 g/mol. The lowest BCUT2D eigenvalue weighted by atomic mass is 10.1. The molecule has 3 aromatic heterocycles. The van der Waals surface area contributed by atoms with Crippen molar-refractivity contribution in [2.45, 2.75) is 17.0 Å². The zero-order chi connectivity index (χ0) is 18.6. The number of hydrogen-bond acceptors (Lipinski definition) is 8. The summed E-state index contributed by atoms with van der Waals surface area (Å²) in [4.78, 5) is 13.3. The van der Waals surface area contributed by atoms with Gasteiger partial charge >= 0.3 is 0 Å². The smallest absolute Gasteiger partial charge is 0.279 e. The van der Waals surface area contributed by atoms with E-state index in [1.165, 1.54) is 33.8 Å². The Bertz CT molecular complexity index is 1060. The van der Waals surface area contributed by atoms with Crippen molar-refractivity contribution in [1.29, 1.82) is 0 Å². The zero-order valence-electron chi connectivity index (χ0n) is 14.2. The quantitative estimate of drug-likeness (QED) is 0.349. The number of anilines is 1. The van der Waals surface area contributed by atoms with E-state index < -0.39 is 0 Å². The maximum Gasteiger partial charge on any atom is 0.279 e. The van der Waals surface area contributed by atoms with E-state index in [0.29, 0.717) is 10.9 Å². The van der Waals surface area contributed by atoms with E-state index in [4.69, 9.17) is 4.52 Å². The van der Waals surface area contributed by atoms with Crippen molar-refractivity contribution >= 4 is 45.5 Å². The molecule has 0 saturated heterocycles. The summed E-state index contributed by atoms with van der Waals surface area (Å²) in [7, 11) is 0. The number of carbonyl (C=O) groups excluding carboxylic acids is 1. The minimum absolute atomic E-state index is 0.211. The fraction of sp³-hybridized carbons (Fsp3) is 0.111. The van der Waals surface area contributed by atoms with Crippen LogP contribution >= 0.6 is 34.4 Å². The average molecular weight is 415 g/mol. The van der Waals surface area contributed by atoms with Crippen molar-refractivity contribution in [3.8, 4) is 10.6 Å². The molecule has 0 unspecified atom stereocenters. The summed E-state index contributed by atoms with van der Waals surface area (Å²) in [6.07, 6.45) is 0. The summed E-state index contributed by atoms with van der Waals surface area (Å²) in [5.41, 5.74) is 2.71. The van der Waals surface area contributed by atoms with Gasteiger partial charge in [0.2, 0.25) is 5.13 Å². The summed E-state index contributed by atoms with van der Waals surface area (Å²) < 4.78 is 6.03. The molecule has 0 radical (unpaired) electrons. The Morgan fingerprint density at radius 3 is 2.93 bits per heavy atom. The van der Waals surface area contributed by atoms with Crippen LogP contribution in [0.15, 0.2) is 56.7 Å².